The van der Waals surface area contributed by atoms with E-state index >= 15 is 0 Å². The van der Waals surface area contributed by atoms with Crippen molar-refractivity contribution in [2.45, 2.75) is 0 Å². The SMILES string of the molecule is CN(C)c1ccc(/C=C/c2noc(-c3ccccc3OC(=O)c3ccccc3)n2)cc1. The number of carbonyl (C=O) groups is 1. The summed E-state index contributed by atoms with van der Waals surface area (Å²) in [6, 6.07) is 24.0. The quantitative estimate of drug-likeness (QED) is 0.321. The highest BCUT2D eigenvalue weighted by Gasteiger charge is 2.16. The normalized spacial score (nSPS) is 10.9. The van der Waals surface area contributed by atoms with Gasteiger partial charge in [0.1, 0.15) is 5.75 Å². The van der Waals surface area contributed by atoms with Gasteiger partial charge in [-0.05, 0) is 48.0 Å². The van der Waals surface area contributed by atoms with E-state index in [0.29, 0.717) is 22.7 Å². The maximum absolute atomic E-state index is 12.4. The van der Waals surface area contributed by atoms with Crippen molar-refractivity contribution < 1.29 is 14.1 Å². The van der Waals surface area contributed by atoms with E-state index in [1.165, 1.54) is 0 Å². The maximum Gasteiger partial charge on any atom is 0.343 e. The molecule has 0 unspecified atom stereocenters. The molecule has 0 spiro atoms. The van der Waals surface area contributed by atoms with E-state index < -0.39 is 5.97 Å². The topological polar surface area (TPSA) is 68.5 Å². The Morgan fingerprint density at radius 3 is 2.35 bits per heavy atom. The van der Waals surface area contributed by atoms with Gasteiger partial charge in [-0.1, -0.05) is 53.7 Å². The van der Waals surface area contributed by atoms with Crippen LogP contribution in [0.1, 0.15) is 21.7 Å². The van der Waals surface area contributed by atoms with Crippen LogP contribution in [0, 0.1) is 0 Å². The molecule has 3 aromatic carbocycles. The van der Waals surface area contributed by atoms with E-state index in [1.807, 2.05) is 61.5 Å². The van der Waals surface area contributed by atoms with E-state index in [1.54, 1.807) is 48.5 Å². The highest BCUT2D eigenvalue weighted by molar-refractivity contribution is 5.91. The van der Waals surface area contributed by atoms with E-state index in [0.717, 1.165) is 11.3 Å². The van der Waals surface area contributed by atoms with E-state index in [2.05, 4.69) is 10.1 Å². The monoisotopic (exact) mass is 411 g/mol. The number of rotatable bonds is 6. The molecule has 0 fully saturated rings. The first-order valence-corrected chi connectivity index (χ1v) is 9.76. The summed E-state index contributed by atoms with van der Waals surface area (Å²) in [4.78, 5) is 18.9. The van der Waals surface area contributed by atoms with Crippen LogP contribution in [0.5, 0.6) is 5.75 Å². The second kappa shape index (κ2) is 9.09. The van der Waals surface area contributed by atoms with Gasteiger partial charge in [0.05, 0.1) is 11.1 Å². The van der Waals surface area contributed by atoms with Crippen molar-refractivity contribution in [1.29, 1.82) is 0 Å². The van der Waals surface area contributed by atoms with Crippen LogP contribution in [-0.4, -0.2) is 30.2 Å². The molecule has 4 aromatic rings. The van der Waals surface area contributed by atoms with Crippen molar-refractivity contribution in [3.05, 3.63) is 95.8 Å². The molecule has 1 aromatic heterocycles. The fourth-order valence-electron chi connectivity index (χ4n) is 2.93. The summed E-state index contributed by atoms with van der Waals surface area (Å²) >= 11 is 0. The highest BCUT2D eigenvalue weighted by Crippen LogP contribution is 2.29. The smallest absolute Gasteiger partial charge is 0.343 e. The molecule has 31 heavy (non-hydrogen) atoms. The van der Waals surface area contributed by atoms with Gasteiger partial charge in [0.15, 0.2) is 5.82 Å². The van der Waals surface area contributed by atoms with Crippen molar-refractivity contribution in [3.8, 4) is 17.2 Å². The number of carbonyl (C=O) groups excluding carboxylic acids is 1. The minimum Gasteiger partial charge on any atom is -0.422 e. The average molecular weight is 411 g/mol. The largest absolute Gasteiger partial charge is 0.422 e. The van der Waals surface area contributed by atoms with Crippen molar-refractivity contribution in [1.82, 2.24) is 10.1 Å². The van der Waals surface area contributed by atoms with E-state index in [-0.39, 0.29) is 5.89 Å². The van der Waals surface area contributed by atoms with Crippen molar-refractivity contribution >= 4 is 23.8 Å². The zero-order valence-electron chi connectivity index (χ0n) is 17.2. The van der Waals surface area contributed by atoms with Crippen LogP contribution in [-0.2, 0) is 0 Å². The lowest BCUT2D eigenvalue weighted by molar-refractivity contribution is 0.0735. The first kappa shape index (κ1) is 20.1. The van der Waals surface area contributed by atoms with Crippen molar-refractivity contribution in [3.63, 3.8) is 0 Å². The predicted octanol–water partition coefficient (Wildman–Crippen LogP) is 5.19. The molecule has 4 rings (SSSR count). The van der Waals surface area contributed by atoms with Gasteiger partial charge in [-0.25, -0.2) is 4.79 Å². The van der Waals surface area contributed by atoms with Gasteiger partial charge in [-0.3, -0.25) is 0 Å². The summed E-state index contributed by atoms with van der Waals surface area (Å²) in [5.74, 6) is 0.610. The van der Waals surface area contributed by atoms with Gasteiger partial charge in [0.25, 0.3) is 5.89 Å². The molecule has 0 saturated carbocycles. The molecule has 0 aliphatic carbocycles. The lowest BCUT2D eigenvalue weighted by Crippen LogP contribution is -2.08. The molecule has 0 N–H and O–H groups in total. The number of hydrogen-bond donors (Lipinski definition) is 0. The van der Waals surface area contributed by atoms with Gasteiger partial charge < -0.3 is 14.2 Å². The van der Waals surface area contributed by atoms with Crippen molar-refractivity contribution in [2.75, 3.05) is 19.0 Å². The lowest BCUT2D eigenvalue weighted by atomic mass is 10.2. The Labute approximate surface area is 180 Å². The number of hydrogen-bond acceptors (Lipinski definition) is 6. The Morgan fingerprint density at radius 1 is 0.903 bits per heavy atom. The minimum absolute atomic E-state index is 0.277. The first-order valence-electron chi connectivity index (χ1n) is 9.76. The summed E-state index contributed by atoms with van der Waals surface area (Å²) in [7, 11) is 4.00. The molecule has 0 saturated heterocycles. The highest BCUT2D eigenvalue weighted by atomic mass is 16.5. The summed E-state index contributed by atoms with van der Waals surface area (Å²) in [6.45, 7) is 0. The molecule has 154 valence electrons. The lowest BCUT2D eigenvalue weighted by Gasteiger charge is -2.11. The minimum atomic E-state index is -0.450. The third kappa shape index (κ3) is 4.87. The standard InChI is InChI=1S/C25H21N3O3/c1-28(2)20-15-12-18(13-16-20)14-17-23-26-24(31-27-23)21-10-6-7-11-22(21)30-25(29)19-8-4-3-5-9-19/h3-17H,1-2H3/b17-14+. The fraction of sp³-hybridized carbons (Fsp3) is 0.0800. The Balaban J connectivity index is 1.52. The summed E-state index contributed by atoms with van der Waals surface area (Å²) in [6.07, 6.45) is 3.69. The maximum atomic E-state index is 12.4. The molecular weight excluding hydrogens is 390 g/mol. The first-order chi connectivity index (χ1) is 15.1. The zero-order valence-corrected chi connectivity index (χ0v) is 17.2. The van der Waals surface area contributed by atoms with Crippen LogP contribution in [0.25, 0.3) is 23.6 Å². The molecule has 1 heterocycles. The molecule has 0 amide bonds. The molecule has 0 atom stereocenters. The average Bonchev–Trinajstić information content (AvgIpc) is 3.28. The summed E-state index contributed by atoms with van der Waals surface area (Å²) < 4.78 is 11.0. The fourth-order valence-corrected chi connectivity index (χ4v) is 2.93. The molecule has 6 nitrogen and oxygen atoms in total. The van der Waals surface area contributed by atoms with Crippen LogP contribution in [0.4, 0.5) is 5.69 Å². The number of esters is 1. The number of anilines is 1. The van der Waals surface area contributed by atoms with E-state index in [9.17, 15) is 4.79 Å². The predicted molar refractivity (Wildman–Crippen MR) is 121 cm³/mol. The van der Waals surface area contributed by atoms with Gasteiger partial charge in [0, 0.05) is 19.8 Å². The molecule has 6 heteroatoms. The van der Waals surface area contributed by atoms with Crippen LogP contribution >= 0.6 is 0 Å². The summed E-state index contributed by atoms with van der Waals surface area (Å²) in [5, 5.41) is 4.01. The van der Waals surface area contributed by atoms with Crippen LogP contribution in [0.2, 0.25) is 0 Å². The Hall–Kier alpha value is -4.19. The number of benzene rings is 3. The molecule has 0 radical (unpaired) electrons. The van der Waals surface area contributed by atoms with Crippen LogP contribution < -0.4 is 9.64 Å². The molecular formula is C25H21N3O3. The molecule has 0 bridgehead atoms. The number of aromatic nitrogens is 2. The zero-order chi connectivity index (χ0) is 21.6. The van der Waals surface area contributed by atoms with Crippen molar-refractivity contribution in [2.24, 2.45) is 0 Å². The molecule has 0 aliphatic rings. The Kier molecular flexibility index (Phi) is 5.89. The Bertz CT molecular complexity index is 1200. The van der Waals surface area contributed by atoms with Gasteiger partial charge >= 0.3 is 5.97 Å². The summed E-state index contributed by atoms with van der Waals surface area (Å²) in [5.41, 5.74) is 3.16. The third-order valence-corrected chi connectivity index (χ3v) is 4.61. The number of para-hydroxylation sites is 1. The van der Waals surface area contributed by atoms with Crippen LogP contribution in [0.3, 0.4) is 0 Å². The van der Waals surface area contributed by atoms with E-state index in [4.69, 9.17) is 9.26 Å². The van der Waals surface area contributed by atoms with Crippen LogP contribution in [0.15, 0.2) is 83.4 Å². The van der Waals surface area contributed by atoms with Gasteiger partial charge in [-0.2, -0.15) is 4.98 Å². The Morgan fingerprint density at radius 2 is 1.61 bits per heavy atom. The number of ether oxygens (including phenoxy) is 1. The third-order valence-electron chi connectivity index (χ3n) is 4.61. The van der Waals surface area contributed by atoms with Gasteiger partial charge in [0.2, 0.25) is 0 Å². The second-order valence-electron chi connectivity index (χ2n) is 7.03. The molecule has 0 aliphatic heterocycles. The second-order valence-corrected chi connectivity index (χ2v) is 7.03. The number of nitrogens with zero attached hydrogens (tertiary/aromatic N) is 3. The van der Waals surface area contributed by atoms with Gasteiger partial charge in [-0.15, -0.1) is 0 Å².